The van der Waals surface area contributed by atoms with E-state index in [1.807, 2.05) is 12.1 Å². The van der Waals surface area contributed by atoms with Crippen LogP contribution < -0.4 is 4.74 Å². The van der Waals surface area contributed by atoms with Gasteiger partial charge in [0.05, 0.1) is 7.11 Å². The van der Waals surface area contributed by atoms with Gasteiger partial charge < -0.3 is 9.16 Å². The normalized spacial score (nSPS) is 13.1. The molecule has 0 aliphatic heterocycles. The summed E-state index contributed by atoms with van der Waals surface area (Å²) in [6.07, 6.45) is 8.13. The summed E-state index contributed by atoms with van der Waals surface area (Å²) in [5.74, 6) is 4.59. The molecule has 0 N–H and O–H groups in total. The third-order valence-corrected chi connectivity index (χ3v) is 9.10. The Morgan fingerprint density at radius 1 is 1.17 bits per heavy atom. The lowest BCUT2D eigenvalue weighted by molar-refractivity contribution is 0.414. The molecule has 0 saturated carbocycles. The van der Waals surface area contributed by atoms with Gasteiger partial charge in [-0.3, -0.25) is 0 Å². The zero-order chi connectivity index (χ0) is 18.4. The summed E-state index contributed by atoms with van der Waals surface area (Å²) in [7, 11) is -0.229. The monoisotopic (exact) mass is 344 g/mol. The smallest absolute Gasteiger partial charge is 0.250 e. The first kappa shape index (κ1) is 20.4. The average molecular weight is 345 g/mol. The number of allylic oxidation sites excluding steroid dienone is 1. The van der Waals surface area contributed by atoms with Crippen LogP contribution in [0.5, 0.6) is 5.75 Å². The van der Waals surface area contributed by atoms with E-state index >= 15 is 0 Å². The maximum atomic E-state index is 6.68. The molecule has 0 atom stereocenters. The van der Waals surface area contributed by atoms with Crippen molar-refractivity contribution in [1.82, 2.24) is 0 Å². The van der Waals surface area contributed by atoms with Crippen LogP contribution >= 0.6 is 0 Å². The van der Waals surface area contributed by atoms with Gasteiger partial charge in [-0.05, 0) is 67.7 Å². The quantitative estimate of drug-likeness (QED) is 0.252. The summed E-state index contributed by atoms with van der Waals surface area (Å²) < 4.78 is 12.0. The van der Waals surface area contributed by atoms with Crippen LogP contribution in [0.15, 0.2) is 29.8 Å². The summed E-state index contributed by atoms with van der Waals surface area (Å²) >= 11 is 0. The molecule has 2 nitrogen and oxygen atoms in total. The van der Waals surface area contributed by atoms with Gasteiger partial charge in [-0.1, -0.05) is 20.8 Å². The van der Waals surface area contributed by atoms with Crippen molar-refractivity contribution in [3.63, 3.8) is 0 Å². The predicted molar refractivity (Wildman–Crippen MR) is 107 cm³/mol. The molecule has 0 amide bonds. The first-order valence-corrected chi connectivity index (χ1v) is 11.5. The first-order valence-electron chi connectivity index (χ1n) is 8.59. The lowest BCUT2D eigenvalue weighted by atomic mass is 10.0. The first-order chi connectivity index (χ1) is 11.1. The van der Waals surface area contributed by atoms with E-state index in [0.29, 0.717) is 0 Å². The highest BCUT2D eigenvalue weighted by atomic mass is 28.4. The van der Waals surface area contributed by atoms with Crippen molar-refractivity contribution < 1.29 is 9.16 Å². The second-order valence-electron chi connectivity index (χ2n) is 7.76. The number of hydrogen-bond acceptors (Lipinski definition) is 2. The Bertz CT molecular complexity index is 598. The van der Waals surface area contributed by atoms with Crippen molar-refractivity contribution in [3.8, 4) is 18.1 Å². The number of unbranched alkanes of at least 4 members (excludes halogenated alkanes) is 1. The lowest BCUT2D eigenvalue weighted by Crippen LogP contribution is -2.40. The van der Waals surface area contributed by atoms with Gasteiger partial charge in [0.25, 0.3) is 8.32 Å². The number of rotatable bonds is 7. The van der Waals surface area contributed by atoms with Crippen molar-refractivity contribution in [2.24, 2.45) is 0 Å². The lowest BCUT2D eigenvalue weighted by Gasteiger charge is -2.38. The Labute approximate surface area is 149 Å². The van der Waals surface area contributed by atoms with Crippen LogP contribution in [0.4, 0.5) is 0 Å². The molecule has 0 aliphatic carbocycles. The molecular weight excluding hydrogens is 312 g/mol. The Kier molecular flexibility index (Phi) is 7.17. The molecule has 132 valence electrons. The predicted octanol–water partition coefficient (Wildman–Crippen LogP) is 6.25. The van der Waals surface area contributed by atoms with Crippen LogP contribution in [-0.4, -0.2) is 15.4 Å². The van der Waals surface area contributed by atoms with E-state index in [0.717, 1.165) is 36.3 Å². The Morgan fingerprint density at radius 2 is 1.75 bits per heavy atom. The van der Waals surface area contributed by atoms with Crippen LogP contribution in [0.25, 0.3) is 5.76 Å². The molecular formula is C21H32O2Si. The van der Waals surface area contributed by atoms with Gasteiger partial charge in [0, 0.05) is 12.0 Å². The van der Waals surface area contributed by atoms with E-state index in [-0.39, 0.29) is 5.04 Å². The standard InChI is InChI=1S/C21H32O2Si/c1-9-10-11-12-17(2)20(23-24(7,8)21(3,4)5)18-13-15-19(22-6)16-14-18/h1,13-16H,10-12H2,2-8H3/b20-17+. The fourth-order valence-corrected chi connectivity index (χ4v) is 3.22. The second kappa shape index (κ2) is 8.44. The topological polar surface area (TPSA) is 18.5 Å². The second-order valence-corrected chi connectivity index (χ2v) is 12.5. The molecule has 0 aromatic heterocycles. The van der Waals surface area contributed by atoms with Crippen LogP contribution in [-0.2, 0) is 4.43 Å². The van der Waals surface area contributed by atoms with Gasteiger partial charge in [-0.15, -0.1) is 12.3 Å². The van der Waals surface area contributed by atoms with Crippen molar-refractivity contribution in [3.05, 3.63) is 35.4 Å². The summed E-state index contributed by atoms with van der Waals surface area (Å²) in [6.45, 7) is 13.5. The minimum Gasteiger partial charge on any atom is -0.543 e. The molecule has 1 aromatic rings. The molecule has 0 radical (unpaired) electrons. The van der Waals surface area contributed by atoms with Crippen LogP contribution in [0, 0.1) is 12.3 Å². The number of ether oxygens (including phenoxy) is 1. The van der Waals surface area contributed by atoms with Crippen molar-refractivity contribution >= 4 is 14.1 Å². The SMILES string of the molecule is C#CCCC/C(C)=C(/O[Si](C)(C)C(C)(C)C)c1ccc(OC)cc1. The van der Waals surface area contributed by atoms with Gasteiger partial charge in [-0.2, -0.15) is 0 Å². The largest absolute Gasteiger partial charge is 0.543 e. The molecule has 24 heavy (non-hydrogen) atoms. The van der Waals surface area contributed by atoms with Crippen molar-refractivity contribution in [2.75, 3.05) is 7.11 Å². The number of benzene rings is 1. The molecule has 1 rings (SSSR count). The highest BCUT2D eigenvalue weighted by Gasteiger charge is 2.39. The zero-order valence-electron chi connectivity index (χ0n) is 16.3. The van der Waals surface area contributed by atoms with E-state index in [9.17, 15) is 0 Å². The molecule has 0 unspecified atom stereocenters. The summed E-state index contributed by atoms with van der Waals surface area (Å²) in [5, 5.41) is 0.157. The number of methoxy groups -OCH3 is 1. The molecule has 0 heterocycles. The Balaban J connectivity index is 3.20. The highest BCUT2D eigenvalue weighted by molar-refractivity contribution is 6.74. The third-order valence-electron chi connectivity index (χ3n) is 4.78. The maximum absolute atomic E-state index is 6.68. The minimum atomic E-state index is -1.91. The summed E-state index contributed by atoms with van der Waals surface area (Å²) in [5.41, 5.74) is 2.37. The van der Waals surface area contributed by atoms with E-state index < -0.39 is 8.32 Å². The van der Waals surface area contributed by atoms with E-state index in [1.54, 1.807) is 7.11 Å². The zero-order valence-corrected chi connectivity index (χ0v) is 17.3. The summed E-state index contributed by atoms with van der Waals surface area (Å²) in [4.78, 5) is 0. The molecule has 0 saturated heterocycles. The molecule has 3 heteroatoms. The van der Waals surface area contributed by atoms with E-state index in [2.05, 4.69) is 58.8 Å². The number of terminal acetylenes is 1. The molecule has 1 aromatic carbocycles. The molecule has 0 fully saturated rings. The average Bonchev–Trinajstić information content (AvgIpc) is 2.52. The van der Waals surface area contributed by atoms with Crippen molar-refractivity contribution in [1.29, 1.82) is 0 Å². The Morgan fingerprint density at radius 3 is 2.21 bits per heavy atom. The van der Waals surface area contributed by atoms with Gasteiger partial charge in [0.1, 0.15) is 11.5 Å². The van der Waals surface area contributed by atoms with Crippen LogP contribution in [0.3, 0.4) is 0 Å². The van der Waals surface area contributed by atoms with Crippen molar-refractivity contribution in [2.45, 2.75) is 65.1 Å². The minimum absolute atomic E-state index is 0.157. The van der Waals surface area contributed by atoms with Crippen LogP contribution in [0.2, 0.25) is 18.1 Å². The highest BCUT2D eigenvalue weighted by Crippen LogP contribution is 2.40. The van der Waals surface area contributed by atoms with Gasteiger partial charge in [0.2, 0.25) is 0 Å². The van der Waals surface area contributed by atoms with Gasteiger partial charge >= 0.3 is 0 Å². The van der Waals surface area contributed by atoms with Gasteiger partial charge in [0.15, 0.2) is 0 Å². The number of hydrogen-bond donors (Lipinski definition) is 0. The summed E-state index contributed by atoms with van der Waals surface area (Å²) in [6, 6.07) is 8.12. The fourth-order valence-electron chi connectivity index (χ4n) is 2.11. The van der Waals surface area contributed by atoms with E-state index in [4.69, 9.17) is 15.6 Å². The van der Waals surface area contributed by atoms with E-state index in [1.165, 1.54) is 5.57 Å². The maximum Gasteiger partial charge on any atom is 0.250 e. The van der Waals surface area contributed by atoms with Gasteiger partial charge in [-0.25, -0.2) is 0 Å². The molecule has 0 aliphatic rings. The Hall–Kier alpha value is -1.66. The molecule has 0 bridgehead atoms. The molecule has 0 spiro atoms. The van der Waals surface area contributed by atoms with Crippen LogP contribution in [0.1, 0.15) is 52.5 Å². The third kappa shape index (κ3) is 5.45. The fraction of sp³-hybridized carbons (Fsp3) is 0.524.